The van der Waals surface area contributed by atoms with E-state index in [1.807, 2.05) is 0 Å². The van der Waals surface area contributed by atoms with Crippen LogP contribution in [0.25, 0.3) is 0 Å². The van der Waals surface area contributed by atoms with Crippen molar-refractivity contribution >= 4 is 24.3 Å². The second-order valence-electron chi connectivity index (χ2n) is 6.19. The van der Waals surface area contributed by atoms with Crippen LogP contribution in [0.5, 0.6) is 0 Å². The Hall–Kier alpha value is -1.42. The van der Waals surface area contributed by atoms with Gasteiger partial charge in [-0.05, 0) is 0 Å². The summed E-state index contributed by atoms with van der Waals surface area (Å²) in [6.45, 7) is 0. The fourth-order valence-corrected chi connectivity index (χ4v) is 26.9. The van der Waals surface area contributed by atoms with E-state index in [-0.39, 0.29) is 0 Å². The van der Waals surface area contributed by atoms with Gasteiger partial charge in [0.15, 0.2) is 0 Å². The van der Waals surface area contributed by atoms with E-state index in [9.17, 15) is 0 Å². The van der Waals surface area contributed by atoms with E-state index in [4.69, 9.17) is 0 Å². The average Bonchev–Trinajstić information content (AvgIpc) is 3.34. The molecule has 0 bridgehead atoms. The van der Waals surface area contributed by atoms with Crippen LogP contribution >= 0.6 is 0 Å². The number of benzene rings is 1. The first-order chi connectivity index (χ1) is 10.9. The molecule has 0 saturated heterocycles. The van der Waals surface area contributed by atoms with Crippen molar-refractivity contribution in [2.75, 3.05) is 0 Å². The molecule has 0 N–H and O–H groups in total. The zero-order chi connectivity index (χ0) is 14.8. The van der Waals surface area contributed by atoms with E-state index in [0.717, 1.165) is 0 Å². The van der Waals surface area contributed by atoms with Crippen LogP contribution in [0.3, 0.4) is 0 Å². The number of rotatable bonds is 4. The van der Waals surface area contributed by atoms with Crippen LogP contribution < -0.4 is 3.12 Å². The maximum absolute atomic E-state index is 3.04. The van der Waals surface area contributed by atoms with E-state index < -0.39 is 21.2 Å². The van der Waals surface area contributed by atoms with Gasteiger partial charge in [-0.3, -0.25) is 0 Å². The van der Waals surface area contributed by atoms with Crippen molar-refractivity contribution in [2.24, 2.45) is 0 Å². The molecule has 0 spiro atoms. The van der Waals surface area contributed by atoms with Gasteiger partial charge in [0.25, 0.3) is 0 Å². The fourth-order valence-electron chi connectivity index (χ4n) is 4.22. The fraction of sp³-hybridized carbons (Fsp3) is 0.143. The van der Waals surface area contributed by atoms with E-state index >= 15 is 0 Å². The molecule has 1 heteroatoms. The third-order valence-corrected chi connectivity index (χ3v) is 27.7. The van der Waals surface area contributed by atoms with Gasteiger partial charge >= 0.3 is 138 Å². The Morgan fingerprint density at radius 2 is 0.864 bits per heavy atom. The van der Waals surface area contributed by atoms with Crippen LogP contribution in [0.1, 0.15) is 0 Å². The third-order valence-electron chi connectivity index (χ3n) is 5.17. The SMILES string of the molecule is C1=C[CH]([Pb]([c]2ccccc2)([CH]2C=CC=C2)[CH]2C=CC=C2)C=C1. The van der Waals surface area contributed by atoms with Crippen molar-refractivity contribution in [2.45, 2.75) is 10.4 Å². The molecule has 0 nitrogen and oxygen atoms in total. The molecule has 22 heavy (non-hydrogen) atoms. The Morgan fingerprint density at radius 3 is 1.23 bits per heavy atom. The Kier molecular flexibility index (Phi) is 3.87. The summed E-state index contributed by atoms with van der Waals surface area (Å²) in [5.41, 5.74) is 0. The second kappa shape index (κ2) is 6.00. The minimum absolute atomic E-state index is 0.629. The molecule has 0 heterocycles. The van der Waals surface area contributed by atoms with Crippen molar-refractivity contribution in [1.82, 2.24) is 0 Å². The zero-order valence-corrected chi connectivity index (χ0v) is 16.4. The standard InChI is InChI=1S/C6H5.3C5H5.Pb/c1-2-4-6-5-3-1;3*1-2-4-5-3-1;/h1-5H;3*1-5H;. The monoisotopic (exact) mass is 480 g/mol. The van der Waals surface area contributed by atoms with Crippen LogP contribution in [0.15, 0.2) is 103 Å². The summed E-state index contributed by atoms with van der Waals surface area (Å²) >= 11 is -3.04. The average molecular weight is 480 g/mol. The topological polar surface area (TPSA) is 0 Å². The molecular weight excluding hydrogens is 459 g/mol. The molecular formula is C21H20Pb. The first-order valence-electron chi connectivity index (χ1n) is 8.03. The number of allylic oxidation sites excluding steroid dienone is 12. The van der Waals surface area contributed by atoms with Gasteiger partial charge in [-0.25, -0.2) is 0 Å². The van der Waals surface area contributed by atoms with Crippen molar-refractivity contribution in [3.63, 3.8) is 0 Å². The predicted molar refractivity (Wildman–Crippen MR) is 97.9 cm³/mol. The molecule has 0 atom stereocenters. The molecule has 0 unspecified atom stereocenters. The summed E-state index contributed by atoms with van der Waals surface area (Å²) < 4.78 is 3.53. The Bertz CT molecular complexity index is 610. The molecule has 0 aliphatic heterocycles. The van der Waals surface area contributed by atoms with E-state index in [1.54, 1.807) is 3.12 Å². The van der Waals surface area contributed by atoms with Gasteiger partial charge in [-0.15, -0.1) is 0 Å². The first kappa shape index (κ1) is 14.2. The molecule has 1 aromatic carbocycles. The number of hydrogen-bond acceptors (Lipinski definition) is 0. The van der Waals surface area contributed by atoms with Crippen molar-refractivity contribution < 1.29 is 0 Å². The van der Waals surface area contributed by atoms with Crippen LogP contribution in [-0.4, -0.2) is 21.2 Å². The van der Waals surface area contributed by atoms with Gasteiger partial charge in [0.05, 0.1) is 0 Å². The number of hydrogen-bond donors (Lipinski definition) is 0. The van der Waals surface area contributed by atoms with Gasteiger partial charge in [0.2, 0.25) is 0 Å². The van der Waals surface area contributed by atoms with Crippen molar-refractivity contribution in [3.05, 3.63) is 103 Å². The summed E-state index contributed by atoms with van der Waals surface area (Å²) in [5, 5.41) is 0. The molecule has 0 radical (unpaired) electrons. The van der Waals surface area contributed by atoms with Crippen LogP contribution in [-0.2, 0) is 0 Å². The molecule has 0 fully saturated rings. The summed E-state index contributed by atoms with van der Waals surface area (Å²) in [6.07, 6.45) is 28.2. The maximum atomic E-state index is 2.45. The Labute approximate surface area is 137 Å². The molecule has 4 rings (SSSR count). The third kappa shape index (κ3) is 2.16. The van der Waals surface area contributed by atoms with Crippen molar-refractivity contribution in [1.29, 1.82) is 0 Å². The van der Waals surface area contributed by atoms with Crippen molar-refractivity contribution in [3.8, 4) is 0 Å². The summed E-state index contributed by atoms with van der Waals surface area (Å²) in [6, 6.07) is 11.4. The second-order valence-corrected chi connectivity index (χ2v) is 23.5. The summed E-state index contributed by atoms with van der Waals surface area (Å²) in [5.74, 6) is 0. The molecule has 3 aliphatic rings. The zero-order valence-electron chi connectivity index (χ0n) is 12.5. The first-order valence-corrected chi connectivity index (χ1v) is 16.7. The molecule has 0 amide bonds. The Morgan fingerprint density at radius 1 is 0.500 bits per heavy atom. The normalized spacial score (nSPS) is 20.9. The quantitative estimate of drug-likeness (QED) is 0.543. The Balaban J connectivity index is 1.95. The van der Waals surface area contributed by atoms with Gasteiger partial charge in [-0.2, -0.15) is 0 Å². The molecule has 108 valence electrons. The van der Waals surface area contributed by atoms with Gasteiger partial charge in [-0.1, -0.05) is 0 Å². The summed E-state index contributed by atoms with van der Waals surface area (Å²) in [4.78, 5) is 0. The minimum atomic E-state index is -3.04. The summed E-state index contributed by atoms with van der Waals surface area (Å²) in [7, 11) is 0. The van der Waals surface area contributed by atoms with E-state index in [0.29, 0.717) is 10.4 Å². The van der Waals surface area contributed by atoms with Crippen LogP contribution in [0.4, 0.5) is 0 Å². The van der Waals surface area contributed by atoms with Crippen LogP contribution in [0.2, 0.25) is 10.4 Å². The molecule has 3 aliphatic carbocycles. The van der Waals surface area contributed by atoms with E-state index in [1.165, 1.54) is 0 Å². The van der Waals surface area contributed by atoms with Crippen LogP contribution in [0, 0.1) is 0 Å². The predicted octanol–water partition coefficient (Wildman–Crippen LogP) is 4.83. The van der Waals surface area contributed by atoms with E-state index in [2.05, 4.69) is 103 Å². The van der Waals surface area contributed by atoms with Gasteiger partial charge < -0.3 is 0 Å². The van der Waals surface area contributed by atoms with Gasteiger partial charge in [0, 0.05) is 0 Å². The molecule has 0 aromatic heterocycles. The molecule has 0 saturated carbocycles. The molecule has 1 aromatic rings. The van der Waals surface area contributed by atoms with Gasteiger partial charge in [0.1, 0.15) is 0 Å².